The Morgan fingerprint density at radius 2 is 2.54 bits per heavy atom. The molecule has 0 bridgehead atoms. The molecule has 0 amide bonds. The summed E-state index contributed by atoms with van der Waals surface area (Å²) in [5.41, 5.74) is 2.38. The lowest BCUT2D eigenvalue weighted by Crippen LogP contribution is -2.32. The van der Waals surface area contributed by atoms with E-state index in [1.165, 1.54) is 12.8 Å². The van der Waals surface area contributed by atoms with Crippen molar-refractivity contribution >= 4 is 6.34 Å². The highest BCUT2D eigenvalue weighted by Crippen LogP contribution is 1.96. The van der Waals surface area contributed by atoms with Crippen LogP contribution in [-0.2, 0) is 0 Å². The fourth-order valence-corrected chi connectivity index (χ4v) is 1.42. The minimum atomic E-state index is 0.664. The first-order chi connectivity index (χ1) is 6.43. The molecule has 13 heavy (non-hydrogen) atoms. The summed E-state index contributed by atoms with van der Waals surface area (Å²) >= 11 is 0. The summed E-state index contributed by atoms with van der Waals surface area (Å²) < 4.78 is 0. The second-order valence-electron chi connectivity index (χ2n) is 3.20. The fraction of sp³-hybridized carbons (Fsp3) is 0.875. The summed E-state index contributed by atoms with van der Waals surface area (Å²) in [5, 5.41) is 6.79. The molecular formula is C8H19N5. The van der Waals surface area contributed by atoms with Crippen LogP contribution in [0.3, 0.4) is 0 Å². The summed E-state index contributed by atoms with van der Waals surface area (Å²) in [6.45, 7) is 4.12. The van der Waals surface area contributed by atoms with Crippen molar-refractivity contribution < 1.29 is 0 Å². The molecule has 0 aromatic rings. The van der Waals surface area contributed by atoms with Crippen molar-refractivity contribution in [3.63, 3.8) is 0 Å². The monoisotopic (exact) mass is 185 g/mol. The first kappa shape index (κ1) is 10.4. The number of hydrogen-bond acceptors (Lipinski definition) is 4. The number of nitrogens with one attached hydrogen (secondary N) is 3. The average molecular weight is 185 g/mol. The molecule has 1 unspecified atom stereocenters. The maximum Gasteiger partial charge on any atom is 0.0964 e. The van der Waals surface area contributed by atoms with Crippen LogP contribution in [0.5, 0.6) is 0 Å². The van der Waals surface area contributed by atoms with Gasteiger partial charge in [0.15, 0.2) is 0 Å². The summed E-state index contributed by atoms with van der Waals surface area (Å²) in [6, 6.07) is 0.664. The second-order valence-corrected chi connectivity index (χ2v) is 3.20. The molecule has 76 valence electrons. The summed E-state index contributed by atoms with van der Waals surface area (Å²) in [5.74, 6) is 5.02. The van der Waals surface area contributed by atoms with E-state index in [-0.39, 0.29) is 0 Å². The topological polar surface area (TPSA) is 74.5 Å². The van der Waals surface area contributed by atoms with Crippen LogP contribution in [0.1, 0.15) is 12.8 Å². The van der Waals surface area contributed by atoms with Gasteiger partial charge in [-0.2, -0.15) is 0 Å². The molecule has 5 heteroatoms. The Kier molecular flexibility index (Phi) is 5.47. The summed E-state index contributed by atoms with van der Waals surface area (Å²) in [4.78, 5) is 4.04. The predicted molar refractivity (Wildman–Crippen MR) is 54.6 cm³/mol. The molecule has 1 rings (SSSR count). The smallest absolute Gasteiger partial charge is 0.0964 e. The minimum Gasteiger partial charge on any atom is -0.315 e. The van der Waals surface area contributed by atoms with Gasteiger partial charge in [0.2, 0.25) is 0 Å². The molecule has 0 aromatic heterocycles. The van der Waals surface area contributed by atoms with Gasteiger partial charge in [-0.15, -0.1) is 0 Å². The zero-order chi connectivity index (χ0) is 9.36. The SMILES string of the molecule is NNC=NCCCNC1CCNC1. The highest BCUT2D eigenvalue weighted by molar-refractivity contribution is 5.52. The van der Waals surface area contributed by atoms with Gasteiger partial charge in [-0.3, -0.25) is 4.99 Å². The van der Waals surface area contributed by atoms with E-state index >= 15 is 0 Å². The van der Waals surface area contributed by atoms with Gasteiger partial charge in [0, 0.05) is 19.1 Å². The molecule has 1 atom stereocenters. The van der Waals surface area contributed by atoms with Gasteiger partial charge in [0.1, 0.15) is 0 Å². The van der Waals surface area contributed by atoms with Gasteiger partial charge in [0.25, 0.3) is 0 Å². The average Bonchev–Trinajstić information content (AvgIpc) is 2.63. The standard InChI is InChI=1S/C8H19N5/c9-13-7-11-3-1-4-12-8-2-5-10-6-8/h7-8,10,12H,1-6,9H2,(H,11,13). The number of hydrazine groups is 1. The van der Waals surface area contributed by atoms with Gasteiger partial charge in [-0.25, -0.2) is 5.84 Å². The van der Waals surface area contributed by atoms with Crippen LogP contribution in [0.15, 0.2) is 4.99 Å². The van der Waals surface area contributed by atoms with Crippen LogP contribution in [0.4, 0.5) is 0 Å². The molecule has 1 saturated heterocycles. The maximum absolute atomic E-state index is 5.02. The Balaban J connectivity index is 1.86. The Labute approximate surface area is 79.1 Å². The largest absolute Gasteiger partial charge is 0.315 e. The molecule has 0 radical (unpaired) electrons. The van der Waals surface area contributed by atoms with Crippen LogP contribution in [0, 0.1) is 0 Å². The Morgan fingerprint density at radius 3 is 3.23 bits per heavy atom. The zero-order valence-corrected chi connectivity index (χ0v) is 7.92. The van der Waals surface area contributed by atoms with E-state index < -0.39 is 0 Å². The van der Waals surface area contributed by atoms with Crippen molar-refractivity contribution in [1.29, 1.82) is 0 Å². The summed E-state index contributed by atoms with van der Waals surface area (Å²) in [6.07, 6.45) is 3.83. The van der Waals surface area contributed by atoms with Crippen molar-refractivity contribution in [1.82, 2.24) is 16.1 Å². The first-order valence-corrected chi connectivity index (χ1v) is 4.82. The quantitative estimate of drug-likeness (QED) is 0.138. The van der Waals surface area contributed by atoms with E-state index in [2.05, 4.69) is 21.1 Å². The maximum atomic E-state index is 5.02. The molecule has 1 heterocycles. The van der Waals surface area contributed by atoms with Gasteiger partial charge < -0.3 is 16.1 Å². The molecule has 1 fully saturated rings. The van der Waals surface area contributed by atoms with Gasteiger partial charge in [0.05, 0.1) is 6.34 Å². The lowest BCUT2D eigenvalue weighted by Gasteiger charge is -2.09. The van der Waals surface area contributed by atoms with Crippen LogP contribution >= 0.6 is 0 Å². The van der Waals surface area contributed by atoms with Crippen molar-refractivity contribution in [2.45, 2.75) is 18.9 Å². The van der Waals surface area contributed by atoms with Crippen LogP contribution in [-0.4, -0.2) is 38.6 Å². The predicted octanol–water partition coefficient (Wildman–Crippen LogP) is -1.18. The number of hydrogen-bond donors (Lipinski definition) is 4. The Hall–Kier alpha value is -0.650. The van der Waals surface area contributed by atoms with Crippen molar-refractivity contribution in [3.8, 4) is 0 Å². The normalized spacial score (nSPS) is 22.7. The first-order valence-electron chi connectivity index (χ1n) is 4.82. The van der Waals surface area contributed by atoms with Crippen molar-refractivity contribution in [2.75, 3.05) is 26.2 Å². The van der Waals surface area contributed by atoms with E-state index in [1.54, 1.807) is 0 Å². The molecule has 0 aliphatic carbocycles. The number of aliphatic imine (C=N–C) groups is 1. The van der Waals surface area contributed by atoms with Crippen LogP contribution in [0.25, 0.3) is 0 Å². The highest BCUT2D eigenvalue weighted by Gasteiger charge is 2.11. The summed E-state index contributed by atoms with van der Waals surface area (Å²) in [7, 11) is 0. The molecular weight excluding hydrogens is 166 g/mol. The number of nitrogens with zero attached hydrogens (tertiary/aromatic N) is 1. The lowest BCUT2D eigenvalue weighted by atomic mass is 10.2. The lowest BCUT2D eigenvalue weighted by molar-refractivity contribution is 0.539. The molecule has 1 aliphatic rings. The third kappa shape index (κ3) is 4.82. The van der Waals surface area contributed by atoms with Gasteiger partial charge >= 0.3 is 0 Å². The van der Waals surface area contributed by atoms with Gasteiger partial charge in [-0.1, -0.05) is 0 Å². The van der Waals surface area contributed by atoms with Crippen LogP contribution in [0.2, 0.25) is 0 Å². The van der Waals surface area contributed by atoms with E-state index in [9.17, 15) is 0 Å². The van der Waals surface area contributed by atoms with E-state index in [4.69, 9.17) is 5.84 Å². The third-order valence-corrected chi connectivity index (χ3v) is 2.12. The Bertz CT molecular complexity index is 141. The molecule has 0 spiro atoms. The molecule has 0 saturated carbocycles. The zero-order valence-electron chi connectivity index (χ0n) is 7.92. The van der Waals surface area contributed by atoms with E-state index in [0.29, 0.717) is 6.04 Å². The highest BCUT2D eigenvalue weighted by atomic mass is 15.2. The molecule has 5 nitrogen and oxygen atoms in total. The molecule has 1 aliphatic heterocycles. The third-order valence-electron chi connectivity index (χ3n) is 2.12. The number of rotatable bonds is 6. The number of nitrogens with two attached hydrogens (primary N) is 1. The van der Waals surface area contributed by atoms with E-state index in [1.807, 2.05) is 0 Å². The van der Waals surface area contributed by atoms with Gasteiger partial charge in [-0.05, 0) is 25.9 Å². The molecule has 5 N–H and O–H groups in total. The van der Waals surface area contributed by atoms with Crippen molar-refractivity contribution in [2.24, 2.45) is 10.8 Å². The second kappa shape index (κ2) is 6.82. The van der Waals surface area contributed by atoms with E-state index in [0.717, 1.165) is 32.6 Å². The Morgan fingerprint density at radius 1 is 1.62 bits per heavy atom. The van der Waals surface area contributed by atoms with Crippen LogP contribution < -0.4 is 21.9 Å². The fourth-order valence-electron chi connectivity index (χ4n) is 1.42. The van der Waals surface area contributed by atoms with Crippen molar-refractivity contribution in [3.05, 3.63) is 0 Å². The minimum absolute atomic E-state index is 0.664. The molecule has 0 aromatic carbocycles.